The van der Waals surface area contributed by atoms with Gasteiger partial charge >= 0.3 is 0 Å². The summed E-state index contributed by atoms with van der Waals surface area (Å²) >= 11 is 3.13. The molecule has 80 valence electrons. The molecule has 0 aromatic carbocycles. The number of rotatable bonds is 5. The predicted octanol–water partition coefficient (Wildman–Crippen LogP) is 1.52. The smallest absolute Gasteiger partial charge is 0.174 e. The van der Waals surface area contributed by atoms with Gasteiger partial charge in [-0.25, -0.2) is 0 Å². The second-order valence-electron chi connectivity index (χ2n) is 3.60. The molecule has 0 aliphatic heterocycles. The van der Waals surface area contributed by atoms with Crippen LogP contribution in [0.5, 0.6) is 0 Å². The van der Waals surface area contributed by atoms with Crippen molar-refractivity contribution in [2.45, 2.75) is 22.7 Å². The molecule has 4 nitrogen and oxygen atoms in total. The minimum absolute atomic E-state index is 0.379. The minimum Gasteiger partial charge on any atom is -0.302 e. The summed E-state index contributed by atoms with van der Waals surface area (Å²) in [7, 11) is 1.86. The maximum absolute atomic E-state index is 9.26. The standard InChI is InChI=1S/C9H12N4S2/c1-11-9(4-10,7-2-3-7)5-14-8-13-12-6-15-8/h6-7,11H,2-3,5H2,1H3. The fourth-order valence-corrected chi connectivity index (χ4v) is 3.31. The van der Waals surface area contributed by atoms with Crippen LogP contribution in [0, 0.1) is 17.2 Å². The van der Waals surface area contributed by atoms with Gasteiger partial charge in [0.05, 0.1) is 6.07 Å². The summed E-state index contributed by atoms with van der Waals surface area (Å²) in [6, 6.07) is 2.41. The van der Waals surface area contributed by atoms with E-state index >= 15 is 0 Å². The average Bonchev–Trinajstić information content (AvgIpc) is 2.99. The van der Waals surface area contributed by atoms with Gasteiger partial charge < -0.3 is 5.32 Å². The number of nitriles is 1. The average molecular weight is 240 g/mol. The number of hydrogen-bond donors (Lipinski definition) is 1. The van der Waals surface area contributed by atoms with Gasteiger partial charge in [0.1, 0.15) is 11.0 Å². The molecule has 1 aromatic heterocycles. The molecule has 1 heterocycles. The summed E-state index contributed by atoms with van der Waals surface area (Å²) in [5.41, 5.74) is 1.34. The second-order valence-corrected chi connectivity index (χ2v) is 5.66. The topological polar surface area (TPSA) is 61.6 Å². The Balaban J connectivity index is 1.98. The van der Waals surface area contributed by atoms with Crippen molar-refractivity contribution in [2.24, 2.45) is 5.92 Å². The maximum Gasteiger partial charge on any atom is 0.174 e. The van der Waals surface area contributed by atoms with E-state index in [9.17, 15) is 5.26 Å². The first-order valence-corrected chi connectivity index (χ1v) is 6.66. The molecule has 1 fully saturated rings. The largest absolute Gasteiger partial charge is 0.302 e. The van der Waals surface area contributed by atoms with E-state index in [0.29, 0.717) is 5.92 Å². The highest BCUT2D eigenvalue weighted by Gasteiger charge is 2.44. The Morgan fingerprint density at radius 3 is 3.07 bits per heavy atom. The van der Waals surface area contributed by atoms with Crippen molar-refractivity contribution in [3.63, 3.8) is 0 Å². The van der Waals surface area contributed by atoms with Crippen molar-refractivity contribution in [3.8, 4) is 6.07 Å². The summed E-state index contributed by atoms with van der Waals surface area (Å²) in [6.45, 7) is 0. The van der Waals surface area contributed by atoms with Crippen LogP contribution in [-0.2, 0) is 0 Å². The van der Waals surface area contributed by atoms with Crippen LogP contribution >= 0.6 is 23.1 Å². The highest BCUT2D eigenvalue weighted by molar-refractivity contribution is 8.01. The highest BCUT2D eigenvalue weighted by Crippen LogP contribution is 2.41. The molecule has 1 saturated carbocycles. The van der Waals surface area contributed by atoms with Crippen LogP contribution in [0.25, 0.3) is 0 Å². The van der Waals surface area contributed by atoms with E-state index in [2.05, 4.69) is 21.6 Å². The van der Waals surface area contributed by atoms with Crippen molar-refractivity contribution in [2.75, 3.05) is 12.8 Å². The zero-order chi connectivity index (χ0) is 10.7. The first kappa shape index (κ1) is 10.9. The molecule has 0 radical (unpaired) electrons. The van der Waals surface area contributed by atoms with E-state index < -0.39 is 0 Å². The number of hydrogen-bond acceptors (Lipinski definition) is 6. The molecule has 0 saturated heterocycles. The zero-order valence-electron chi connectivity index (χ0n) is 8.43. The Morgan fingerprint density at radius 2 is 2.60 bits per heavy atom. The first-order valence-electron chi connectivity index (χ1n) is 4.80. The number of aromatic nitrogens is 2. The van der Waals surface area contributed by atoms with Gasteiger partial charge in [0, 0.05) is 5.75 Å². The molecular formula is C9H12N4S2. The third-order valence-corrected chi connectivity index (χ3v) is 4.74. The van der Waals surface area contributed by atoms with Gasteiger partial charge in [0.15, 0.2) is 4.34 Å². The molecule has 0 amide bonds. The van der Waals surface area contributed by atoms with Crippen LogP contribution in [0.4, 0.5) is 0 Å². The van der Waals surface area contributed by atoms with Crippen LogP contribution in [0.2, 0.25) is 0 Å². The Hall–Kier alpha value is -0.640. The maximum atomic E-state index is 9.26. The Bertz CT molecular complexity index is 355. The highest BCUT2D eigenvalue weighted by atomic mass is 32.2. The van der Waals surface area contributed by atoms with Crippen molar-refractivity contribution in [1.82, 2.24) is 15.5 Å². The van der Waals surface area contributed by atoms with Crippen LogP contribution < -0.4 is 5.32 Å². The summed E-state index contributed by atoms with van der Waals surface area (Å²) in [4.78, 5) is 0. The van der Waals surface area contributed by atoms with Gasteiger partial charge in [-0.3, -0.25) is 0 Å². The lowest BCUT2D eigenvalue weighted by Crippen LogP contribution is -2.46. The molecule has 2 rings (SSSR count). The quantitative estimate of drug-likeness (QED) is 0.791. The first-order chi connectivity index (χ1) is 7.30. The van der Waals surface area contributed by atoms with Crippen molar-refractivity contribution in [3.05, 3.63) is 5.51 Å². The molecule has 1 unspecified atom stereocenters. The van der Waals surface area contributed by atoms with Crippen LogP contribution in [0.15, 0.2) is 9.85 Å². The van der Waals surface area contributed by atoms with Crippen molar-refractivity contribution in [1.29, 1.82) is 5.26 Å². The molecule has 1 aliphatic rings. The SMILES string of the molecule is CNC(C#N)(CSc1nncs1)C1CC1. The molecule has 6 heteroatoms. The number of thioether (sulfide) groups is 1. The summed E-state index contributed by atoms with van der Waals surface area (Å²) in [6.07, 6.45) is 2.32. The third kappa shape index (κ3) is 2.30. The number of nitrogens with zero attached hydrogens (tertiary/aromatic N) is 3. The lowest BCUT2D eigenvalue weighted by atomic mass is 9.98. The van der Waals surface area contributed by atoms with E-state index in [1.165, 1.54) is 11.3 Å². The zero-order valence-corrected chi connectivity index (χ0v) is 10.1. The molecule has 0 spiro atoms. The minimum atomic E-state index is -0.379. The Morgan fingerprint density at radius 1 is 1.80 bits per heavy atom. The van der Waals surface area contributed by atoms with Gasteiger partial charge in [-0.1, -0.05) is 23.1 Å². The van der Waals surface area contributed by atoms with Gasteiger partial charge in [-0.05, 0) is 25.8 Å². The van der Waals surface area contributed by atoms with Gasteiger partial charge in [0.2, 0.25) is 0 Å². The molecule has 1 N–H and O–H groups in total. The monoisotopic (exact) mass is 240 g/mol. The fourth-order valence-electron chi connectivity index (χ4n) is 1.55. The summed E-state index contributed by atoms with van der Waals surface area (Å²) < 4.78 is 0.936. The molecule has 0 bridgehead atoms. The fraction of sp³-hybridized carbons (Fsp3) is 0.667. The lowest BCUT2D eigenvalue weighted by Gasteiger charge is -2.24. The van der Waals surface area contributed by atoms with E-state index in [-0.39, 0.29) is 5.54 Å². The van der Waals surface area contributed by atoms with Crippen molar-refractivity contribution >= 4 is 23.1 Å². The van der Waals surface area contributed by atoms with E-state index in [4.69, 9.17) is 0 Å². The van der Waals surface area contributed by atoms with Gasteiger partial charge in [0.25, 0.3) is 0 Å². The summed E-state index contributed by atoms with van der Waals surface area (Å²) in [5.74, 6) is 1.26. The lowest BCUT2D eigenvalue weighted by molar-refractivity contribution is 0.441. The third-order valence-electron chi connectivity index (χ3n) is 2.68. The van der Waals surface area contributed by atoms with Crippen LogP contribution in [0.1, 0.15) is 12.8 Å². The van der Waals surface area contributed by atoms with Gasteiger partial charge in [-0.15, -0.1) is 10.2 Å². The van der Waals surface area contributed by atoms with E-state index in [0.717, 1.165) is 22.9 Å². The van der Waals surface area contributed by atoms with Crippen molar-refractivity contribution < 1.29 is 0 Å². The van der Waals surface area contributed by atoms with Crippen LogP contribution in [-0.4, -0.2) is 28.5 Å². The van der Waals surface area contributed by atoms with Crippen LogP contribution in [0.3, 0.4) is 0 Å². The Kier molecular flexibility index (Phi) is 3.24. The van der Waals surface area contributed by atoms with Gasteiger partial charge in [-0.2, -0.15) is 5.26 Å². The molecule has 15 heavy (non-hydrogen) atoms. The molecule has 1 atom stereocenters. The predicted molar refractivity (Wildman–Crippen MR) is 60.8 cm³/mol. The Labute approximate surface area is 97.1 Å². The second kappa shape index (κ2) is 4.47. The van der Waals surface area contributed by atoms with E-state index in [1.54, 1.807) is 17.3 Å². The van der Waals surface area contributed by atoms with E-state index in [1.807, 2.05) is 7.05 Å². The molecular weight excluding hydrogens is 228 g/mol. The normalized spacial score (nSPS) is 19.5. The number of nitrogens with one attached hydrogen (secondary N) is 1. The summed E-state index contributed by atoms with van der Waals surface area (Å²) in [5, 5.41) is 20.2. The molecule has 1 aliphatic carbocycles. The molecule has 1 aromatic rings.